The lowest BCUT2D eigenvalue weighted by Crippen LogP contribution is -2.32. The topological polar surface area (TPSA) is 106 Å². The number of nitrogens with zero attached hydrogens (tertiary/aromatic N) is 1. The smallest absolute Gasteiger partial charge is 0.345 e. The van der Waals surface area contributed by atoms with E-state index in [0.29, 0.717) is 34.4 Å². The van der Waals surface area contributed by atoms with Crippen molar-refractivity contribution in [1.29, 1.82) is 0 Å². The second kappa shape index (κ2) is 11.4. The van der Waals surface area contributed by atoms with Gasteiger partial charge in [-0.3, -0.25) is 9.59 Å². The molecule has 0 spiro atoms. The van der Waals surface area contributed by atoms with Crippen LogP contribution < -0.4 is 20.2 Å². The zero-order chi connectivity index (χ0) is 23.6. The summed E-state index contributed by atoms with van der Waals surface area (Å²) in [6.45, 7) is 2.40. The number of carbonyl (C=O) groups excluding carboxylic acids is 3. The molecule has 0 radical (unpaired) electrons. The summed E-state index contributed by atoms with van der Waals surface area (Å²) >= 11 is 5.99. The first-order chi connectivity index (χ1) is 16.0. The van der Waals surface area contributed by atoms with Crippen LogP contribution >= 0.6 is 11.6 Å². The summed E-state index contributed by atoms with van der Waals surface area (Å²) in [5, 5.41) is 6.53. The lowest BCUT2D eigenvalue weighted by molar-refractivity contribution is -0.136. The molecule has 2 N–H and O–H groups in total. The number of nitrogens with one attached hydrogen (secondary N) is 2. The van der Waals surface area contributed by atoms with E-state index in [1.54, 1.807) is 72.8 Å². The first-order valence-electron chi connectivity index (χ1n) is 9.90. The quantitative estimate of drug-likeness (QED) is 0.180. The largest absolute Gasteiger partial charge is 0.494 e. The molecule has 0 aliphatic carbocycles. The molecule has 0 atom stereocenters. The molecular formula is C24H20ClN3O5. The van der Waals surface area contributed by atoms with E-state index in [1.165, 1.54) is 6.21 Å². The lowest BCUT2D eigenvalue weighted by Gasteiger charge is -2.06. The van der Waals surface area contributed by atoms with Gasteiger partial charge in [-0.15, -0.1) is 0 Å². The van der Waals surface area contributed by atoms with Gasteiger partial charge < -0.3 is 14.8 Å². The third kappa shape index (κ3) is 6.91. The van der Waals surface area contributed by atoms with Crippen molar-refractivity contribution >= 4 is 41.3 Å². The van der Waals surface area contributed by atoms with Crippen molar-refractivity contribution in [3.05, 3.63) is 88.9 Å². The molecule has 8 nitrogen and oxygen atoms in total. The molecule has 3 aromatic rings. The van der Waals surface area contributed by atoms with Crippen LogP contribution in [0.3, 0.4) is 0 Å². The van der Waals surface area contributed by atoms with Gasteiger partial charge in [0.25, 0.3) is 0 Å². The number of anilines is 1. The number of amides is 2. The van der Waals surface area contributed by atoms with Crippen molar-refractivity contribution in [2.75, 3.05) is 11.9 Å². The summed E-state index contributed by atoms with van der Waals surface area (Å²) in [5.74, 6) is -1.39. The van der Waals surface area contributed by atoms with Crippen LogP contribution in [0.15, 0.2) is 77.9 Å². The maximum atomic E-state index is 12.2. The molecule has 0 saturated carbocycles. The Labute approximate surface area is 195 Å². The molecule has 9 heteroatoms. The summed E-state index contributed by atoms with van der Waals surface area (Å²) < 4.78 is 10.6. The minimum absolute atomic E-state index is 0.260. The predicted molar refractivity (Wildman–Crippen MR) is 125 cm³/mol. The summed E-state index contributed by atoms with van der Waals surface area (Å²) in [7, 11) is 0. The molecule has 33 heavy (non-hydrogen) atoms. The summed E-state index contributed by atoms with van der Waals surface area (Å²) in [6, 6.07) is 19.6. The van der Waals surface area contributed by atoms with E-state index < -0.39 is 17.8 Å². The first-order valence-corrected chi connectivity index (χ1v) is 10.3. The number of rotatable bonds is 7. The SMILES string of the molecule is CCOc1ccc(NC(=O)C(=O)N/N=C/c2ccc(OC(=O)c3ccccc3Cl)cc2)cc1. The van der Waals surface area contributed by atoms with Crippen LogP contribution in [-0.4, -0.2) is 30.6 Å². The number of hydrazone groups is 1. The van der Waals surface area contributed by atoms with Crippen molar-refractivity contribution in [3.8, 4) is 11.5 Å². The number of ether oxygens (including phenoxy) is 2. The van der Waals surface area contributed by atoms with Gasteiger partial charge in [0, 0.05) is 5.69 Å². The van der Waals surface area contributed by atoms with E-state index in [0.717, 1.165) is 0 Å². The van der Waals surface area contributed by atoms with E-state index in [2.05, 4.69) is 15.8 Å². The molecular weight excluding hydrogens is 446 g/mol. The molecule has 0 bridgehead atoms. The van der Waals surface area contributed by atoms with Crippen molar-refractivity contribution in [3.63, 3.8) is 0 Å². The number of benzene rings is 3. The molecule has 0 aliphatic heterocycles. The van der Waals surface area contributed by atoms with Gasteiger partial charge in [0.15, 0.2) is 0 Å². The van der Waals surface area contributed by atoms with Crippen LogP contribution in [0.1, 0.15) is 22.8 Å². The lowest BCUT2D eigenvalue weighted by atomic mass is 10.2. The van der Waals surface area contributed by atoms with E-state index in [-0.39, 0.29) is 5.56 Å². The van der Waals surface area contributed by atoms with Gasteiger partial charge in [-0.2, -0.15) is 5.10 Å². The third-order valence-corrected chi connectivity index (χ3v) is 4.52. The molecule has 0 heterocycles. The highest BCUT2D eigenvalue weighted by Crippen LogP contribution is 2.19. The van der Waals surface area contributed by atoms with Crippen LogP contribution in [0.25, 0.3) is 0 Å². The fourth-order valence-corrected chi connectivity index (χ4v) is 2.83. The van der Waals surface area contributed by atoms with Crippen LogP contribution in [-0.2, 0) is 9.59 Å². The van der Waals surface area contributed by atoms with Crippen molar-refractivity contribution in [2.45, 2.75) is 6.92 Å². The Hall–Kier alpha value is -4.17. The van der Waals surface area contributed by atoms with E-state index in [9.17, 15) is 14.4 Å². The molecule has 0 aromatic heterocycles. The van der Waals surface area contributed by atoms with Gasteiger partial charge in [0.2, 0.25) is 0 Å². The molecule has 0 aliphatic rings. The Balaban J connectivity index is 1.49. The minimum Gasteiger partial charge on any atom is -0.494 e. The molecule has 3 rings (SSSR count). The van der Waals surface area contributed by atoms with Gasteiger partial charge in [0.05, 0.1) is 23.4 Å². The zero-order valence-corrected chi connectivity index (χ0v) is 18.3. The summed E-state index contributed by atoms with van der Waals surface area (Å²) in [4.78, 5) is 36.1. The highest BCUT2D eigenvalue weighted by molar-refractivity contribution is 6.39. The highest BCUT2D eigenvalue weighted by atomic mass is 35.5. The number of esters is 1. The van der Waals surface area contributed by atoms with Crippen LogP contribution in [0.2, 0.25) is 5.02 Å². The van der Waals surface area contributed by atoms with Crippen molar-refractivity contribution in [1.82, 2.24) is 5.43 Å². The number of carbonyl (C=O) groups is 3. The van der Waals surface area contributed by atoms with Crippen LogP contribution in [0.4, 0.5) is 5.69 Å². The van der Waals surface area contributed by atoms with Gasteiger partial charge >= 0.3 is 17.8 Å². The fraction of sp³-hybridized carbons (Fsp3) is 0.0833. The fourth-order valence-electron chi connectivity index (χ4n) is 2.62. The highest BCUT2D eigenvalue weighted by Gasteiger charge is 2.13. The minimum atomic E-state index is -0.926. The predicted octanol–water partition coefficient (Wildman–Crippen LogP) is 4.05. The molecule has 0 unspecified atom stereocenters. The van der Waals surface area contributed by atoms with Crippen LogP contribution in [0, 0.1) is 0 Å². The maximum Gasteiger partial charge on any atom is 0.345 e. The standard InChI is InChI=1S/C24H20ClN3O5/c1-2-32-18-13-9-17(10-14-18)27-22(29)23(30)28-26-15-16-7-11-19(12-8-16)33-24(31)20-5-3-4-6-21(20)25/h3-15H,2H2,1H3,(H,27,29)(H,28,30)/b26-15+. The molecule has 2 amide bonds. The average Bonchev–Trinajstić information content (AvgIpc) is 2.81. The molecule has 3 aromatic carbocycles. The van der Waals surface area contributed by atoms with Crippen molar-refractivity contribution in [2.24, 2.45) is 5.10 Å². The Morgan fingerprint density at radius 1 is 0.909 bits per heavy atom. The summed E-state index contributed by atoms with van der Waals surface area (Å²) in [5.41, 5.74) is 3.47. The number of hydrogen-bond donors (Lipinski definition) is 2. The van der Waals surface area contributed by atoms with Gasteiger partial charge in [-0.05, 0) is 73.2 Å². The van der Waals surface area contributed by atoms with E-state index in [1.807, 2.05) is 6.92 Å². The Kier molecular flexibility index (Phi) is 8.15. The second-order valence-electron chi connectivity index (χ2n) is 6.55. The Morgan fingerprint density at radius 2 is 1.58 bits per heavy atom. The van der Waals surface area contributed by atoms with Gasteiger partial charge in [0.1, 0.15) is 11.5 Å². The average molecular weight is 466 g/mol. The monoisotopic (exact) mass is 465 g/mol. The van der Waals surface area contributed by atoms with Gasteiger partial charge in [-0.1, -0.05) is 23.7 Å². The summed E-state index contributed by atoms with van der Waals surface area (Å²) in [6.07, 6.45) is 1.35. The Bertz CT molecular complexity index is 1160. The third-order valence-electron chi connectivity index (χ3n) is 4.19. The van der Waals surface area contributed by atoms with E-state index >= 15 is 0 Å². The van der Waals surface area contributed by atoms with E-state index in [4.69, 9.17) is 21.1 Å². The molecule has 0 saturated heterocycles. The van der Waals surface area contributed by atoms with Crippen molar-refractivity contribution < 1.29 is 23.9 Å². The normalized spacial score (nSPS) is 10.5. The van der Waals surface area contributed by atoms with Crippen LogP contribution in [0.5, 0.6) is 11.5 Å². The molecule has 168 valence electrons. The number of halogens is 1. The number of hydrogen-bond acceptors (Lipinski definition) is 6. The second-order valence-corrected chi connectivity index (χ2v) is 6.96. The molecule has 0 fully saturated rings. The first kappa shape index (κ1) is 23.5. The maximum absolute atomic E-state index is 12.2. The zero-order valence-electron chi connectivity index (χ0n) is 17.6. The van der Waals surface area contributed by atoms with Gasteiger partial charge in [-0.25, -0.2) is 10.2 Å². The Morgan fingerprint density at radius 3 is 2.24 bits per heavy atom.